The minimum Gasteiger partial charge on any atom is -0.444 e. The predicted octanol–water partition coefficient (Wildman–Crippen LogP) is 5.10. The highest BCUT2D eigenvalue weighted by molar-refractivity contribution is 7.99. The molecule has 1 aromatic carbocycles. The Kier molecular flexibility index (Phi) is 8.40. The van der Waals surface area contributed by atoms with E-state index in [0.29, 0.717) is 6.54 Å². The third-order valence-corrected chi connectivity index (χ3v) is 6.31. The molecule has 0 atom stereocenters. The molecule has 3 rings (SSSR count). The van der Waals surface area contributed by atoms with Gasteiger partial charge in [0.25, 0.3) is 0 Å². The summed E-state index contributed by atoms with van der Waals surface area (Å²) < 4.78 is 5.23. The molecule has 5 nitrogen and oxygen atoms in total. The smallest absolute Gasteiger partial charge is 0.407 e. The molecule has 0 saturated heterocycles. The quantitative estimate of drug-likeness (QED) is 0.429. The Balaban J connectivity index is 1.37. The molecule has 0 unspecified atom stereocenters. The normalized spacial score (nSPS) is 13.8. The zero-order valence-corrected chi connectivity index (χ0v) is 19.4. The number of hydrogen-bond acceptors (Lipinski definition) is 5. The first-order valence-electron chi connectivity index (χ1n) is 11.1. The van der Waals surface area contributed by atoms with E-state index < -0.39 is 5.60 Å². The number of thioether (sulfide) groups is 1. The van der Waals surface area contributed by atoms with Crippen molar-refractivity contribution in [3.8, 4) is 0 Å². The van der Waals surface area contributed by atoms with Crippen LogP contribution in [0.3, 0.4) is 0 Å². The summed E-state index contributed by atoms with van der Waals surface area (Å²) in [6.07, 6.45) is 6.50. The Hall–Kier alpha value is -1.79. The summed E-state index contributed by atoms with van der Waals surface area (Å²) in [7, 11) is 0. The summed E-state index contributed by atoms with van der Waals surface area (Å²) >= 11 is 1.99. The van der Waals surface area contributed by atoms with Gasteiger partial charge in [0.05, 0.1) is 5.52 Å². The lowest BCUT2D eigenvalue weighted by Gasteiger charge is -2.20. The van der Waals surface area contributed by atoms with Gasteiger partial charge in [-0.15, -0.1) is 11.8 Å². The van der Waals surface area contributed by atoms with Gasteiger partial charge in [0, 0.05) is 22.5 Å². The van der Waals surface area contributed by atoms with E-state index in [9.17, 15) is 4.79 Å². The number of rotatable bonds is 9. The van der Waals surface area contributed by atoms with E-state index in [-0.39, 0.29) is 6.09 Å². The number of benzene rings is 1. The minimum absolute atomic E-state index is 0.341. The standard InChI is InChI=1S/C24H35N3O2S/c1-24(2,3)29-23(28)26-16-8-14-25-15-9-17-30-22-18-10-4-6-12-20(18)27-21-13-7-5-11-19(21)22/h4,6,10,12,25H,5,7-9,11,13-17H2,1-3H3,(H,26,28). The van der Waals surface area contributed by atoms with Crippen LogP contribution in [-0.4, -0.2) is 42.1 Å². The van der Waals surface area contributed by atoms with Gasteiger partial charge in [-0.05, 0) is 89.8 Å². The Bertz CT molecular complexity index is 848. The summed E-state index contributed by atoms with van der Waals surface area (Å²) in [5, 5.41) is 7.58. The Morgan fingerprint density at radius 1 is 1.10 bits per heavy atom. The van der Waals surface area contributed by atoms with Gasteiger partial charge in [-0.2, -0.15) is 0 Å². The van der Waals surface area contributed by atoms with Gasteiger partial charge in [-0.3, -0.25) is 4.98 Å². The summed E-state index contributed by atoms with van der Waals surface area (Å²) in [4.78, 5) is 18.0. The SMILES string of the molecule is CC(C)(C)OC(=O)NCCCNCCCSc1c2c(nc3ccccc13)CCCC2. The third kappa shape index (κ3) is 6.88. The number of ether oxygens (including phenoxy) is 1. The topological polar surface area (TPSA) is 63.2 Å². The van der Waals surface area contributed by atoms with Crippen molar-refractivity contribution in [3.63, 3.8) is 0 Å². The van der Waals surface area contributed by atoms with E-state index in [4.69, 9.17) is 9.72 Å². The number of aryl methyl sites for hydroxylation is 1. The molecule has 0 radical (unpaired) electrons. The first-order chi connectivity index (χ1) is 14.4. The average Bonchev–Trinajstić information content (AvgIpc) is 2.70. The van der Waals surface area contributed by atoms with Crippen LogP contribution in [0.25, 0.3) is 10.9 Å². The fourth-order valence-corrected chi connectivity index (χ4v) is 4.92. The van der Waals surface area contributed by atoms with Crippen molar-refractivity contribution in [3.05, 3.63) is 35.5 Å². The molecule has 30 heavy (non-hydrogen) atoms. The third-order valence-electron chi connectivity index (χ3n) is 5.06. The number of aromatic nitrogens is 1. The maximum absolute atomic E-state index is 11.6. The zero-order chi connectivity index (χ0) is 21.4. The van der Waals surface area contributed by atoms with E-state index in [2.05, 4.69) is 34.9 Å². The number of amides is 1. The number of pyridine rings is 1. The summed E-state index contributed by atoms with van der Waals surface area (Å²) in [6, 6.07) is 8.56. The molecular weight excluding hydrogens is 394 g/mol. The molecule has 1 aliphatic rings. The van der Waals surface area contributed by atoms with E-state index >= 15 is 0 Å². The van der Waals surface area contributed by atoms with Crippen molar-refractivity contribution < 1.29 is 9.53 Å². The van der Waals surface area contributed by atoms with Crippen molar-refractivity contribution in [2.24, 2.45) is 0 Å². The highest BCUT2D eigenvalue weighted by Gasteiger charge is 2.18. The molecule has 1 aromatic heterocycles. The number of carbonyl (C=O) groups is 1. The molecule has 1 aliphatic carbocycles. The van der Waals surface area contributed by atoms with E-state index in [1.165, 1.54) is 40.8 Å². The molecule has 0 spiro atoms. The largest absolute Gasteiger partial charge is 0.444 e. The Morgan fingerprint density at radius 3 is 2.70 bits per heavy atom. The number of para-hydroxylation sites is 1. The maximum atomic E-state index is 11.6. The van der Waals surface area contributed by atoms with Gasteiger partial charge in [-0.25, -0.2) is 4.79 Å². The second-order valence-corrected chi connectivity index (χ2v) is 9.93. The van der Waals surface area contributed by atoms with E-state index in [1.807, 2.05) is 32.5 Å². The number of nitrogens with one attached hydrogen (secondary N) is 2. The lowest BCUT2D eigenvalue weighted by atomic mass is 9.94. The number of fused-ring (bicyclic) bond motifs is 2. The van der Waals surface area contributed by atoms with E-state index in [1.54, 1.807) is 0 Å². The Labute approximate surface area is 184 Å². The maximum Gasteiger partial charge on any atom is 0.407 e. The average molecular weight is 430 g/mol. The van der Waals surface area contributed by atoms with Gasteiger partial charge >= 0.3 is 6.09 Å². The second kappa shape index (κ2) is 11.0. The highest BCUT2D eigenvalue weighted by Crippen LogP contribution is 2.36. The van der Waals surface area contributed by atoms with Crippen LogP contribution in [0.1, 0.15) is 57.7 Å². The lowest BCUT2D eigenvalue weighted by molar-refractivity contribution is 0.0527. The van der Waals surface area contributed by atoms with Crippen LogP contribution in [0.5, 0.6) is 0 Å². The van der Waals surface area contributed by atoms with Gasteiger partial charge in [0.2, 0.25) is 0 Å². The monoisotopic (exact) mass is 429 g/mol. The zero-order valence-electron chi connectivity index (χ0n) is 18.6. The highest BCUT2D eigenvalue weighted by atomic mass is 32.2. The molecular formula is C24H35N3O2S. The van der Waals surface area contributed by atoms with Crippen LogP contribution in [0.15, 0.2) is 29.2 Å². The van der Waals surface area contributed by atoms with Crippen LogP contribution in [0.4, 0.5) is 4.79 Å². The predicted molar refractivity (Wildman–Crippen MR) is 125 cm³/mol. The van der Waals surface area contributed by atoms with Gasteiger partial charge in [0.1, 0.15) is 5.60 Å². The van der Waals surface area contributed by atoms with Crippen molar-refractivity contribution in [1.82, 2.24) is 15.6 Å². The first kappa shape index (κ1) is 22.9. The molecule has 2 N–H and O–H groups in total. The molecule has 164 valence electrons. The molecule has 6 heteroatoms. The number of alkyl carbamates (subject to hydrolysis) is 1. The van der Waals surface area contributed by atoms with Crippen LogP contribution in [-0.2, 0) is 17.6 Å². The first-order valence-corrected chi connectivity index (χ1v) is 12.1. The summed E-state index contributed by atoms with van der Waals surface area (Å²) in [6.45, 7) is 8.13. The van der Waals surface area contributed by atoms with Gasteiger partial charge < -0.3 is 15.4 Å². The molecule has 0 aliphatic heterocycles. The van der Waals surface area contributed by atoms with Crippen molar-refractivity contribution in [1.29, 1.82) is 0 Å². The van der Waals surface area contributed by atoms with E-state index in [0.717, 1.165) is 43.6 Å². The van der Waals surface area contributed by atoms with Crippen molar-refractivity contribution >= 4 is 28.8 Å². The molecule has 0 fully saturated rings. The van der Waals surface area contributed by atoms with Crippen molar-refractivity contribution in [2.75, 3.05) is 25.4 Å². The number of carbonyl (C=O) groups excluding carboxylic acids is 1. The molecule has 0 saturated carbocycles. The van der Waals surface area contributed by atoms with Gasteiger partial charge in [-0.1, -0.05) is 18.2 Å². The molecule has 1 heterocycles. The van der Waals surface area contributed by atoms with Crippen LogP contribution < -0.4 is 10.6 Å². The Morgan fingerprint density at radius 2 is 1.87 bits per heavy atom. The molecule has 2 aromatic rings. The number of nitrogens with zero attached hydrogens (tertiary/aromatic N) is 1. The van der Waals surface area contributed by atoms with Crippen molar-refractivity contribution in [2.45, 2.75) is 69.8 Å². The van der Waals surface area contributed by atoms with Crippen LogP contribution in [0.2, 0.25) is 0 Å². The van der Waals surface area contributed by atoms with Crippen LogP contribution >= 0.6 is 11.8 Å². The minimum atomic E-state index is -0.445. The fraction of sp³-hybridized carbons (Fsp3) is 0.583. The lowest BCUT2D eigenvalue weighted by Crippen LogP contribution is -2.34. The summed E-state index contributed by atoms with van der Waals surface area (Å²) in [5.41, 5.74) is 3.50. The molecule has 1 amide bonds. The fourth-order valence-electron chi connectivity index (χ4n) is 3.71. The summed E-state index contributed by atoms with van der Waals surface area (Å²) in [5.74, 6) is 1.10. The molecule has 0 bridgehead atoms. The van der Waals surface area contributed by atoms with Gasteiger partial charge in [0.15, 0.2) is 0 Å². The second-order valence-electron chi connectivity index (χ2n) is 8.82. The van der Waals surface area contributed by atoms with Crippen LogP contribution in [0, 0.1) is 0 Å². The number of hydrogen-bond donors (Lipinski definition) is 2.